The van der Waals surface area contributed by atoms with E-state index >= 15 is 0 Å². The summed E-state index contributed by atoms with van der Waals surface area (Å²) < 4.78 is 25.0. The van der Waals surface area contributed by atoms with Crippen LogP contribution in [0.1, 0.15) is 12.0 Å². The molecule has 2 aromatic carbocycles. The molecular weight excluding hydrogens is 512 g/mol. The van der Waals surface area contributed by atoms with Crippen molar-refractivity contribution in [1.82, 2.24) is 15.6 Å². The molecule has 0 aliphatic heterocycles. The Morgan fingerprint density at radius 3 is 2.45 bits per heavy atom. The number of primary amides is 1. The molecule has 200 valence electrons. The molecule has 4 atom stereocenters. The number of carbonyl (C=O) groups excluding carboxylic acids is 3. The fraction of sp³-hybridized carbons (Fsp3) is 0.269. The normalized spacial score (nSPS) is 20.4. The molecule has 3 aromatic rings. The number of benzene rings is 2. The predicted octanol–water partition coefficient (Wildman–Crippen LogP) is -0.309. The Labute approximate surface area is 218 Å². The van der Waals surface area contributed by atoms with E-state index in [4.69, 9.17) is 5.73 Å². The van der Waals surface area contributed by atoms with Crippen LogP contribution in [0.25, 0.3) is 10.9 Å². The van der Waals surface area contributed by atoms with E-state index in [1.54, 1.807) is 12.3 Å². The Balaban J connectivity index is 1.46. The quantitative estimate of drug-likeness (QED) is 0.214. The number of aromatic nitrogens is 1. The number of aromatic amines is 1. The van der Waals surface area contributed by atoms with E-state index in [0.29, 0.717) is 0 Å². The average molecular weight is 541 g/mol. The van der Waals surface area contributed by atoms with E-state index < -0.39 is 57.6 Å². The van der Waals surface area contributed by atoms with Gasteiger partial charge < -0.3 is 31.6 Å². The SMILES string of the molecule is NC(=O)C(Cc1c[nH]c2ccccc12)NC(=O)C1=CC(NC(=O)CS(=O)(=O)c2ccccc2)C(O)C(O)C1. The van der Waals surface area contributed by atoms with Gasteiger partial charge in [0.15, 0.2) is 9.84 Å². The van der Waals surface area contributed by atoms with Gasteiger partial charge in [0.1, 0.15) is 17.9 Å². The summed E-state index contributed by atoms with van der Waals surface area (Å²) in [5.74, 6) is -3.29. The third kappa shape index (κ3) is 6.10. The lowest BCUT2D eigenvalue weighted by molar-refractivity contribution is -0.126. The van der Waals surface area contributed by atoms with Gasteiger partial charge in [0, 0.05) is 35.5 Å². The second-order valence-corrected chi connectivity index (χ2v) is 11.1. The van der Waals surface area contributed by atoms with Gasteiger partial charge in [0.25, 0.3) is 0 Å². The van der Waals surface area contributed by atoms with Gasteiger partial charge in [-0.25, -0.2) is 8.42 Å². The monoisotopic (exact) mass is 540 g/mol. The van der Waals surface area contributed by atoms with Crippen LogP contribution in [0.2, 0.25) is 0 Å². The zero-order valence-corrected chi connectivity index (χ0v) is 21.0. The molecular formula is C26H28N4O7S. The Hall–Kier alpha value is -4.00. The molecule has 1 aromatic heterocycles. The number of aliphatic hydroxyl groups is 2. The van der Waals surface area contributed by atoms with Gasteiger partial charge in [-0.15, -0.1) is 0 Å². The molecule has 12 heteroatoms. The van der Waals surface area contributed by atoms with Crippen molar-refractivity contribution in [3.63, 3.8) is 0 Å². The maximum atomic E-state index is 13.0. The first kappa shape index (κ1) is 27.0. The van der Waals surface area contributed by atoms with Gasteiger partial charge in [0.05, 0.1) is 17.0 Å². The number of para-hydroxylation sites is 1. The molecule has 3 amide bonds. The topological polar surface area (TPSA) is 192 Å². The molecule has 1 aliphatic rings. The third-order valence-electron chi connectivity index (χ3n) is 6.36. The number of aliphatic hydroxyl groups excluding tert-OH is 2. The highest BCUT2D eigenvalue weighted by atomic mass is 32.2. The Kier molecular flexibility index (Phi) is 7.95. The number of sulfone groups is 1. The van der Waals surface area contributed by atoms with Crippen LogP contribution in [-0.2, 0) is 30.6 Å². The maximum absolute atomic E-state index is 13.0. The van der Waals surface area contributed by atoms with E-state index in [-0.39, 0.29) is 23.3 Å². The first-order valence-electron chi connectivity index (χ1n) is 11.8. The number of fused-ring (bicyclic) bond motifs is 1. The second-order valence-electron chi connectivity index (χ2n) is 9.11. The summed E-state index contributed by atoms with van der Waals surface area (Å²) in [7, 11) is -3.95. The van der Waals surface area contributed by atoms with Crippen molar-refractivity contribution < 1.29 is 33.0 Å². The average Bonchev–Trinajstić information content (AvgIpc) is 3.29. The molecule has 4 unspecified atom stereocenters. The van der Waals surface area contributed by atoms with Crippen LogP contribution in [0.15, 0.2) is 77.3 Å². The predicted molar refractivity (Wildman–Crippen MR) is 138 cm³/mol. The molecule has 1 heterocycles. The lowest BCUT2D eigenvalue weighted by Crippen LogP contribution is -2.53. The molecule has 1 aliphatic carbocycles. The van der Waals surface area contributed by atoms with E-state index in [1.165, 1.54) is 30.3 Å². The van der Waals surface area contributed by atoms with Crippen LogP contribution in [0, 0.1) is 0 Å². The molecule has 0 saturated carbocycles. The summed E-state index contributed by atoms with van der Waals surface area (Å²) in [6.45, 7) is 0. The molecule has 0 spiro atoms. The zero-order valence-electron chi connectivity index (χ0n) is 20.2. The first-order valence-corrected chi connectivity index (χ1v) is 13.5. The van der Waals surface area contributed by atoms with Gasteiger partial charge in [-0.2, -0.15) is 0 Å². The second kappa shape index (κ2) is 11.2. The molecule has 7 N–H and O–H groups in total. The molecule has 0 fully saturated rings. The highest BCUT2D eigenvalue weighted by Crippen LogP contribution is 2.22. The van der Waals surface area contributed by atoms with Gasteiger partial charge >= 0.3 is 0 Å². The Morgan fingerprint density at radius 2 is 1.74 bits per heavy atom. The Morgan fingerprint density at radius 1 is 1.05 bits per heavy atom. The maximum Gasteiger partial charge on any atom is 0.247 e. The summed E-state index contributed by atoms with van der Waals surface area (Å²) in [5, 5.41) is 26.5. The van der Waals surface area contributed by atoms with Gasteiger partial charge in [-0.3, -0.25) is 14.4 Å². The van der Waals surface area contributed by atoms with Crippen molar-refractivity contribution in [2.24, 2.45) is 5.73 Å². The van der Waals surface area contributed by atoms with Crippen molar-refractivity contribution in [3.05, 3.63) is 78.0 Å². The van der Waals surface area contributed by atoms with E-state index in [1.807, 2.05) is 24.3 Å². The fourth-order valence-electron chi connectivity index (χ4n) is 4.37. The number of amides is 3. The van der Waals surface area contributed by atoms with Crippen LogP contribution in [-0.4, -0.2) is 71.4 Å². The number of hydrogen-bond acceptors (Lipinski definition) is 7. The minimum Gasteiger partial charge on any atom is -0.390 e. The number of hydrogen-bond donors (Lipinski definition) is 6. The molecule has 0 radical (unpaired) electrons. The summed E-state index contributed by atoms with van der Waals surface area (Å²) >= 11 is 0. The van der Waals surface area contributed by atoms with Crippen molar-refractivity contribution in [1.29, 1.82) is 0 Å². The van der Waals surface area contributed by atoms with E-state index in [0.717, 1.165) is 16.5 Å². The summed E-state index contributed by atoms with van der Waals surface area (Å²) in [6, 6.07) is 12.5. The fourth-order valence-corrected chi connectivity index (χ4v) is 5.54. The molecule has 38 heavy (non-hydrogen) atoms. The van der Waals surface area contributed by atoms with Gasteiger partial charge in [-0.1, -0.05) is 42.5 Å². The number of nitrogens with one attached hydrogen (secondary N) is 3. The summed E-state index contributed by atoms with van der Waals surface area (Å²) in [6.07, 6.45) is -0.0717. The minimum absolute atomic E-state index is 0.00388. The van der Waals surface area contributed by atoms with Crippen molar-refractivity contribution in [2.75, 3.05) is 5.75 Å². The molecule has 0 bridgehead atoms. The number of rotatable bonds is 9. The van der Waals surface area contributed by atoms with E-state index in [2.05, 4.69) is 15.6 Å². The van der Waals surface area contributed by atoms with E-state index in [9.17, 15) is 33.0 Å². The van der Waals surface area contributed by atoms with Crippen molar-refractivity contribution in [2.45, 2.75) is 42.0 Å². The highest BCUT2D eigenvalue weighted by molar-refractivity contribution is 7.92. The molecule has 11 nitrogen and oxygen atoms in total. The largest absolute Gasteiger partial charge is 0.390 e. The first-order chi connectivity index (χ1) is 18.0. The minimum atomic E-state index is -3.95. The third-order valence-corrected chi connectivity index (χ3v) is 8.00. The smallest absolute Gasteiger partial charge is 0.247 e. The summed E-state index contributed by atoms with van der Waals surface area (Å²) in [5.41, 5.74) is 7.17. The van der Waals surface area contributed by atoms with Gasteiger partial charge in [0.2, 0.25) is 17.7 Å². The van der Waals surface area contributed by atoms with Crippen LogP contribution in [0.4, 0.5) is 0 Å². The number of H-pyrrole nitrogens is 1. The standard InChI is InChI=1S/C26H28N4O7S/c27-25(34)21(11-16-13-28-19-9-5-4-8-18(16)19)30-26(35)15-10-20(24(33)22(31)12-15)29-23(32)14-38(36,37)17-6-2-1-3-7-17/h1-10,13,20-22,24,28,31,33H,11-12,14H2,(H2,27,34)(H,29,32)(H,30,35). The number of nitrogens with two attached hydrogens (primary N) is 1. The highest BCUT2D eigenvalue weighted by Gasteiger charge is 2.35. The molecule has 4 rings (SSSR count). The lowest BCUT2D eigenvalue weighted by Gasteiger charge is -2.31. The van der Waals surface area contributed by atoms with Crippen LogP contribution >= 0.6 is 0 Å². The van der Waals surface area contributed by atoms with Crippen LogP contribution in [0.3, 0.4) is 0 Å². The lowest BCUT2D eigenvalue weighted by atomic mass is 9.89. The van der Waals surface area contributed by atoms with Gasteiger partial charge in [-0.05, 0) is 23.8 Å². The van der Waals surface area contributed by atoms with Crippen molar-refractivity contribution >= 4 is 38.5 Å². The summed E-state index contributed by atoms with van der Waals surface area (Å²) in [4.78, 5) is 40.7. The van der Waals surface area contributed by atoms with Crippen LogP contribution in [0.5, 0.6) is 0 Å². The Bertz CT molecular complexity index is 1480. The molecule has 0 saturated heterocycles. The number of carbonyl (C=O) groups is 3. The van der Waals surface area contributed by atoms with Crippen LogP contribution < -0.4 is 16.4 Å². The zero-order chi connectivity index (χ0) is 27.4. The van der Waals surface area contributed by atoms with Crippen molar-refractivity contribution in [3.8, 4) is 0 Å².